The van der Waals surface area contributed by atoms with Crippen LogP contribution in [0.4, 0.5) is 5.13 Å². The number of benzene rings is 1. The SMILES string of the molecule is CC.CC(=O)Nc1nc2c(s1)CCN(C(C)c1ccc3nsnc3c1)CC2. The van der Waals surface area contributed by atoms with E-state index in [1.807, 2.05) is 13.8 Å². The molecule has 1 N–H and O–H groups in total. The largest absolute Gasteiger partial charge is 0.302 e. The molecule has 6 nitrogen and oxygen atoms in total. The molecule has 0 radical (unpaired) electrons. The van der Waals surface area contributed by atoms with Crippen molar-refractivity contribution < 1.29 is 4.79 Å². The quantitative estimate of drug-likeness (QED) is 0.706. The van der Waals surface area contributed by atoms with Crippen LogP contribution >= 0.6 is 23.1 Å². The van der Waals surface area contributed by atoms with Gasteiger partial charge in [-0.05, 0) is 31.0 Å². The van der Waals surface area contributed by atoms with Crippen LogP contribution < -0.4 is 5.32 Å². The highest BCUT2D eigenvalue weighted by atomic mass is 32.1. The molecule has 0 saturated carbocycles. The van der Waals surface area contributed by atoms with E-state index in [0.29, 0.717) is 6.04 Å². The molecule has 1 amide bonds. The molecule has 1 aromatic carbocycles. The first-order chi connectivity index (χ1) is 13.1. The Morgan fingerprint density at radius 1 is 1.19 bits per heavy atom. The first kappa shape index (κ1) is 19.9. The van der Waals surface area contributed by atoms with Gasteiger partial charge in [-0.25, -0.2) is 4.98 Å². The second-order valence-electron chi connectivity index (χ2n) is 6.29. The van der Waals surface area contributed by atoms with E-state index in [-0.39, 0.29) is 5.91 Å². The molecule has 3 heterocycles. The third kappa shape index (κ3) is 4.51. The number of fused-ring (bicyclic) bond motifs is 2. The van der Waals surface area contributed by atoms with Crippen molar-refractivity contribution in [2.45, 2.75) is 46.6 Å². The fourth-order valence-electron chi connectivity index (χ4n) is 3.24. The van der Waals surface area contributed by atoms with E-state index in [2.05, 4.69) is 49.1 Å². The number of thiazole rings is 1. The van der Waals surface area contributed by atoms with E-state index in [9.17, 15) is 4.79 Å². The average Bonchev–Trinajstić information content (AvgIpc) is 3.24. The maximum atomic E-state index is 11.2. The first-order valence-electron chi connectivity index (χ1n) is 9.32. The van der Waals surface area contributed by atoms with Crippen LogP contribution in [0.5, 0.6) is 0 Å². The molecule has 1 aliphatic heterocycles. The molecular formula is C19H25N5OS2. The fourth-order valence-corrected chi connectivity index (χ4v) is 4.80. The summed E-state index contributed by atoms with van der Waals surface area (Å²) in [6.07, 6.45) is 1.88. The molecule has 2 aromatic heterocycles. The van der Waals surface area contributed by atoms with Crippen molar-refractivity contribution in [3.63, 3.8) is 0 Å². The van der Waals surface area contributed by atoms with Gasteiger partial charge in [0.15, 0.2) is 5.13 Å². The number of hydrogen-bond acceptors (Lipinski definition) is 7. The molecule has 3 aromatic rings. The highest BCUT2D eigenvalue weighted by Crippen LogP contribution is 2.30. The van der Waals surface area contributed by atoms with Crippen LogP contribution in [0.25, 0.3) is 11.0 Å². The summed E-state index contributed by atoms with van der Waals surface area (Å²) in [4.78, 5) is 19.6. The predicted molar refractivity (Wildman–Crippen MR) is 113 cm³/mol. The summed E-state index contributed by atoms with van der Waals surface area (Å²) in [6, 6.07) is 6.69. The van der Waals surface area contributed by atoms with E-state index >= 15 is 0 Å². The smallest absolute Gasteiger partial charge is 0.223 e. The van der Waals surface area contributed by atoms with Gasteiger partial charge in [-0.15, -0.1) is 11.3 Å². The Hall–Kier alpha value is -1.90. The number of carbonyl (C=O) groups is 1. The first-order valence-corrected chi connectivity index (χ1v) is 10.9. The minimum atomic E-state index is -0.0638. The molecule has 1 atom stereocenters. The predicted octanol–water partition coefficient (Wildman–Crippen LogP) is 4.29. The van der Waals surface area contributed by atoms with Gasteiger partial charge in [0.25, 0.3) is 0 Å². The molecule has 144 valence electrons. The number of rotatable bonds is 3. The number of nitrogens with zero attached hydrogens (tertiary/aromatic N) is 4. The van der Waals surface area contributed by atoms with E-state index in [1.54, 1.807) is 11.3 Å². The standard InChI is InChI=1S/C17H19N5OS2.C2H6/c1-10(12-3-4-13-15(9-12)21-25-20-13)22-7-5-14-16(6-8-22)24-17(19-14)18-11(2)23;1-2/h3-4,9-10H,5-8H2,1-2H3,(H,18,19,23);1-2H3. The molecule has 0 aliphatic carbocycles. The Labute approximate surface area is 168 Å². The van der Waals surface area contributed by atoms with Crippen LogP contribution in [0.3, 0.4) is 0 Å². The summed E-state index contributed by atoms with van der Waals surface area (Å²) in [5.74, 6) is -0.0638. The second-order valence-corrected chi connectivity index (χ2v) is 7.91. The van der Waals surface area contributed by atoms with Crippen LogP contribution in [-0.2, 0) is 17.6 Å². The molecule has 4 rings (SSSR count). The van der Waals surface area contributed by atoms with Crippen molar-refractivity contribution in [2.75, 3.05) is 18.4 Å². The van der Waals surface area contributed by atoms with E-state index < -0.39 is 0 Å². The van der Waals surface area contributed by atoms with Crippen molar-refractivity contribution in [2.24, 2.45) is 0 Å². The average molecular weight is 404 g/mol. The summed E-state index contributed by atoms with van der Waals surface area (Å²) in [5.41, 5.74) is 4.35. The number of anilines is 1. The molecule has 0 saturated heterocycles. The Morgan fingerprint density at radius 3 is 2.70 bits per heavy atom. The number of carbonyl (C=O) groups excluding carboxylic acids is 1. The minimum Gasteiger partial charge on any atom is -0.302 e. The summed E-state index contributed by atoms with van der Waals surface area (Å²) >= 11 is 2.86. The molecule has 27 heavy (non-hydrogen) atoms. The molecule has 0 bridgehead atoms. The van der Waals surface area contributed by atoms with Crippen molar-refractivity contribution in [1.29, 1.82) is 0 Å². The Kier molecular flexibility index (Phi) is 6.51. The topological polar surface area (TPSA) is 71.0 Å². The van der Waals surface area contributed by atoms with Crippen molar-refractivity contribution in [1.82, 2.24) is 18.6 Å². The lowest BCUT2D eigenvalue weighted by Crippen LogP contribution is -2.29. The number of aromatic nitrogens is 3. The summed E-state index contributed by atoms with van der Waals surface area (Å²) < 4.78 is 8.63. The Morgan fingerprint density at radius 2 is 1.93 bits per heavy atom. The zero-order valence-electron chi connectivity index (χ0n) is 16.2. The third-order valence-corrected chi connectivity index (χ3v) is 6.26. The van der Waals surface area contributed by atoms with Crippen molar-refractivity contribution in [3.8, 4) is 0 Å². The highest BCUT2D eigenvalue weighted by Gasteiger charge is 2.23. The molecule has 8 heteroatoms. The Balaban J connectivity index is 0.00000102. The maximum Gasteiger partial charge on any atom is 0.223 e. The zero-order valence-corrected chi connectivity index (χ0v) is 17.8. The van der Waals surface area contributed by atoms with Gasteiger partial charge in [0, 0.05) is 37.4 Å². The second kappa shape index (κ2) is 8.86. The number of nitrogens with one attached hydrogen (secondary N) is 1. The van der Waals surface area contributed by atoms with Gasteiger partial charge in [0.1, 0.15) is 11.0 Å². The zero-order chi connectivity index (χ0) is 19.4. The van der Waals surface area contributed by atoms with Crippen LogP contribution in [0.15, 0.2) is 18.2 Å². The van der Waals surface area contributed by atoms with Gasteiger partial charge < -0.3 is 5.32 Å². The lowest BCUT2D eigenvalue weighted by Gasteiger charge is -2.27. The van der Waals surface area contributed by atoms with Gasteiger partial charge in [-0.3, -0.25) is 9.69 Å². The van der Waals surface area contributed by atoms with Crippen molar-refractivity contribution >= 4 is 45.1 Å². The molecular weight excluding hydrogens is 378 g/mol. The van der Waals surface area contributed by atoms with Crippen LogP contribution in [0.1, 0.15) is 49.9 Å². The maximum absolute atomic E-state index is 11.2. The summed E-state index contributed by atoms with van der Waals surface area (Å²) in [7, 11) is 0. The van der Waals surface area contributed by atoms with E-state index in [4.69, 9.17) is 0 Å². The van der Waals surface area contributed by atoms with Gasteiger partial charge in [-0.1, -0.05) is 19.9 Å². The summed E-state index contributed by atoms with van der Waals surface area (Å²) in [5, 5.41) is 3.52. The minimum absolute atomic E-state index is 0.0638. The lowest BCUT2D eigenvalue weighted by atomic mass is 10.1. The van der Waals surface area contributed by atoms with E-state index in [0.717, 1.165) is 47.8 Å². The Bertz CT molecular complexity index is 894. The number of hydrogen-bond donors (Lipinski definition) is 1. The third-order valence-electron chi connectivity index (χ3n) is 4.63. The van der Waals surface area contributed by atoms with Gasteiger partial charge in [0.2, 0.25) is 5.91 Å². The van der Waals surface area contributed by atoms with Gasteiger partial charge in [-0.2, -0.15) is 8.75 Å². The molecule has 1 unspecified atom stereocenters. The summed E-state index contributed by atoms with van der Waals surface area (Å²) in [6.45, 7) is 9.72. The number of amides is 1. The van der Waals surface area contributed by atoms with Gasteiger partial charge >= 0.3 is 0 Å². The molecule has 0 spiro atoms. The fraction of sp³-hybridized carbons (Fsp3) is 0.474. The van der Waals surface area contributed by atoms with E-state index in [1.165, 1.54) is 29.1 Å². The van der Waals surface area contributed by atoms with Crippen LogP contribution in [-0.4, -0.2) is 37.6 Å². The normalized spacial score (nSPS) is 15.4. The highest BCUT2D eigenvalue weighted by molar-refractivity contribution is 7.15. The molecule has 0 fully saturated rings. The van der Waals surface area contributed by atoms with Crippen LogP contribution in [0, 0.1) is 0 Å². The van der Waals surface area contributed by atoms with Crippen molar-refractivity contribution in [3.05, 3.63) is 34.3 Å². The lowest BCUT2D eigenvalue weighted by molar-refractivity contribution is -0.114. The van der Waals surface area contributed by atoms with Gasteiger partial charge in [0.05, 0.1) is 17.4 Å². The molecule has 1 aliphatic rings. The van der Waals surface area contributed by atoms with Crippen LogP contribution in [0.2, 0.25) is 0 Å². The monoisotopic (exact) mass is 403 g/mol.